The van der Waals surface area contributed by atoms with Crippen molar-refractivity contribution in [3.8, 4) is 5.75 Å². The van der Waals surface area contributed by atoms with Crippen LogP contribution in [0.3, 0.4) is 0 Å². The van der Waals surface area contributed by atoms with Gasteiger partial charge in [0.1, 0.15) is 5.75 Å². The predicted octanol–water partition coefficient (Wildman–Crippen LogP) is 3.65. The molecule has 0 aliphatic heterocycles. The minimum atomic E-state index is 0.0639. The monoisotopic (exact) mass is 291 g/mol. The smallest absolute Gasteiger partial charge is 0.189 e. The van der Waals surface area contributed by atoms with Gasteiger partial charge in [0.05, 0.1) is 5.02 Å². The first-order valence-electron chi connectivity index (χ1n) is 6.02. The maximum absolute atomic E-state index is 6.13. The van der Waals surface area contributed by atoms with Gasteiger partial charge in [0, 0.05) is 17.7 Å². The number of hydrogen-bond acceptors (Lipinski definition) is 3. The Morgan fingerprint density at radius 1 is 1.28 bits per heavy atom. The van der Waals surface area contributed by atoms with Gasteiger partial charge in [-0.2, -0.15) is 0 Å². The molecule has 0 spiro atoms. The molecule has 1 atom stereocenters. The molecule has 2 N–H and O–H groups in total. The molecule has 0 fully saturated rings. The second-order valence-electron chi connectivity index (χ2n) is 4.00. The molecule has 0 bridgehead atoms. The molecule has 1 rings (SSSR count). The second kappa shape index (κ2) is 7.85. The highest BCUT2D eigenvalue weighted by atomic mass is 35.5. The van der Waals surface area contributed by atoms with Crippen LogP contribution in [0, 0.1) is 0 Å². The number of ether oxygens (including phenoxy) is 2. The Hall–Kier alpha value is -0.480. The molecule has 1 aromatic rings. The van der Waals surface area contributed by atoms with Gasteiger partial charge >= 0.3 is 0 Å². The first-order chi connectivity index (χ1) is 8.58. The molecule has 0 saturated heterocycles. The number of halogens is 2. The molecule has 18 heavy (non-hydrogen) atoms. The zero-order valence-electron chi connectivity index (χ0n) is 10.7. The maximum atomic E-state index is 6.13. The van der Waals surface area contributed by atoms with Gasteiger partial charge in [-0.05, 0) is 37.5 Å². The quantitative estimate of drug-likeness (QED) is 0.616. The van der Waals surface area contributed by atoms with Gasteiger partial charge in [-0.15, -0.1) is 0 Å². The molecule has 0 aliphatic carbocycles. The lowest BCUT2D eigenvalue weighted by atomic mass is 10.0. The predicted molar refractivity (Wildman–Crippen MR) is 75.6 cm³/mol. The largest absolute Gasteiger partial charge is 0.466 e. The summed E-state index contributed by atoms with van der Waals surface area (Å²) in [6.45, 7) is 4.71. The molecule has 3 nitrogen and oxygen atoms in total. The van der Waals surface area contributed by atoms with E-state index in [-0.39, 0.29) is 12.8 Å². The molecular weight excluding hydrogens is 273 g/mol. The molecule has 1 unspecified atom stereocenters. The van der Waals surface area contributed by atoms with E-state index in [9.17, 15) is 0 Å². The van der Waals surface area contributed by atoms with E-state index in [0.29, 0.717) is 28.8 Å². The summed E-state index contributed by atoms with van der Waals surface area (Å²) < 4.78 is 10.7. The third kappa shape index (κ3) is 4.65. The van der Waals surface area contributed by atoms with Crippen molar-refractivity contribution in [2.75, 3.05) is 13.4 Å². The normalized spacial score (nSPS) is 12.5. The van der Waals surface area contributed by atoms with Crippen LogP contribution in [0.15, 0.2) is 12.1 Å². The van der Waals surface area contributed by atoms with Crippen LogP contribution in [0.4, 0.5) is 0 Å². The Bertz CT molecular complexity index is 385. The SMILES string of the molecule is CCOCOc1c(Cl)cc(Cl)cc1CC(N)CC. The lowest BCUT2D eigenvalue weighted by molar-refractivity contribution is 0.0218. The molecular formula is C13H19Cl2NO2. The zero-order valence-corrected chi connectivity index (χ0v) is 12.2. The van der Waals surface area contributed by atoms with Gasteiger partial charge in [0.2, 0.25) is 0 Å². The summed E-state index contributed by atoms with van der Waals surface area (Å²) in [5.41, 5.74) is 6.87. The number of benzene rings is 1. The van der Waals surface area contributed by atoms with Crippen molar-refractivity contribution in [3.05, 3.63) is 27.7 Å². The second-order valence-corrected chi connectivity index (χ2v) is 4.85. The lowest BCUT2D eigenvalue weighted by Gasteiger charge is -2.16. The summed E-state index contributed by atoms with van der Waals surface area (Å²) in [7, 11) is 0. The molecule has 5 heteroatoms. The Morgan fingerprint density at radius 2 is 2.00 bits per heavy atom. The molecule has 0 aromatic heterocycles. The van der Waals surface area contributed by atoms with Crippen molar-refractivity contribution in [1.29, 1.82) is 0 Å². The third-order valence-corrected chi connectivity index (χ3v) is 3.08. The van der Waals surface area contributed by atoms with E-state index < -0.39 is 0 Å². The molecule has 1 aromatic carbocycles. The fourth-order valence-corrected chi connectivity index (χ4v) is 2.13. The average Bonchev–Trinajstić information content (AvgIpc) is 2.32. The van der Waals surface area contributed by atoms with Gasteiger partial charge in [-0.25, -0.2) is 0 Å². The standard InChI is InChI=1S/C13H19Cl2NO2/c1-3-11(16)6-9-5-10(14)7-12(15)13(9)18-8-17-4-2/h5,7,11H,3-4,6,8,16H2,1-2H3. The summed E-state index contributed by atoms with van der Waals surface area (Å²) in [6.07, 6.45) is 1.56. The molecule has 0 amide bonds. The molecule has 102 valence electrons. The van der Waals surface area contributed by atoms with E-state index in [4.69, 9.17) is 38.4 Å². The van der Waals surface area contributed by atoms with Crippen LogP contribution in [-0.4, -0.2) is 19.4 Å². The highest BCUT2D eigenvalue weighted by Crippen LogP contribution is 2.33. The summed E-state index contributed by atoms with van der Waals surface area (Å²) in [5, 5.41) is 1.07. The van der Waals surface area contributed by atoms with Crippen molar-refractivity contribution in [2.45, 2.75) is 32.7 Å². The Kier molecular flexibility index (Phi) is 6.79. The Balaban J connectivity index is 2.89. The van der Waals surface area contributed by atoms with E-state index in [1.165, 1.54) is 0 Å². The Morgan fingerprint density at radius 3 is 2.61 bits per heavy atom. The van der Waals surface area contributed by atoms with E-state index >= 15 is 0 Å². The van der Waals surface area contributed by atoms with Crippen LogP contribution in [0.25, 0.3) is 0 Å². The number of hydrogen-bond donors (Lipinski definition) is 1. The van der Waals surface area contributed by atoms with Crippen LogP contribution >= 0.6 is 23.2 Å². The first kappa shape index (κ1) is 15.6. The summed E-state index contributed by atoms with van der Waals surface area (Å²) in [5.74, 6) is 0.610. The van der Waals surface area contributed by atoms with Gasteiger partial charge in [0.25, 0.3) is 0 Å². The van der Waals surface area contributed by atoms with Crippen LogP contribution in [0.1, 0.15) is 25.8 Å². The number of nitrogens with two attached hydrogens (primary N) is 1. The van der Waals surface area contributed by atoms with Gasteiger partial charge in [0.15, 0.2) is 6.79 Å². The zero-order chi connectivity index (χ0) is 13.5. The molecule has 0 radical (unpaired) electrons. The van der Waals surface area contributed by atoms with E-state index in [1.807, 2.05) is 19.9 Å². The van der Waals surface area contributed by atoms with E-state index in [0.717, 1.165) is 12.0 Å². The van der Waals surface area contributed by atoms with Crippen LogP contribution < -0.4 is 10.5 Å². The van der Waals surface area contributed by atoms with Crippen LogP contribution in [-0.2, 0) is 11.2 Å². The van der Waals surface area contributed by atoms with E-state index in [2.05, 4.69) is 0 Å². The number of rotatable bonds is 7. The summed E-state index contributed by atoms with van der Waals surface area (Å²) in [6, 6.07) is 3.56. The van der Waals surface area contributed by atoms with Crippen LogP contribution in [0.2, 0.25) is 10.0 Å². The van der Waals surface area contributed by atoms with Crippen molar-refractivity contribution in [1.82, 2.24) is 0 Å². The van der Waals surface area contributed by atoms with E-state index in [1.54, 1.807) is 6.07 Å². The molecule has 0 heterocycles. The van der Waals surface area contributed by atoms with Crippen molar-refractivity contribution in [2.24, 2.45) is 5.73 Å². The molecule has 0 saturated carbocycles. The summed E-state index contributed by atoms with van der Waals surface area (Å²) >= 11 is 12.1. The fraction of sp³-hybridized carbons (Fsp3) is 0.538. The maximum Gasteiger partial charge on any atom is 0.189 e. The minimum Gasteiger partial charge on any atom is -0.466 e. The summed E-state index contributed by atoms with van der Waals surface area (Å²) in [4.78, 5) is 0. The third-order valence-electron chi connectivity index (χ3n) is 2.58. The minimum absolute atomic E-state index is 0.0639. The highest BCUT2D eigenvalue weighted by molar-refractivity contribution is 6.35. The fourth-order valence-electron chi connectivity index (χ4n) is 1.54. The van der Waals surface area contributed by atoms with Crippen molar-refractivity contribution >= 4 is 23.2 Å². The van der Waals surface area contributed by atoms with Gasteiger partial charge in [-0.3, -0.25) is 0 Å². The Labute approximate surface area is 118 Å². The average molecular weight is 292 g/mol. The van der Waals surface area contributed by atoms with Crippen molar-refractivity contribution < 1.29 is 9.47 Å². The van der Waals surface area contributed by atoms with Crippen molar-refractivity contribution in [3.63, 3.8) is 0 Å². The highest BCUT2D eigenvalue weighted by Gasteiger charge is 2.13. The molecule has 0 aliphatic rings. The first-order valence-corrected chi connectivity index (χ1v) is 6.78. The van der Waals surface area contributed by atoms with Crippen LogP contribution in [0.5, 0.6) is 5.75 Å². The lowest BCUT2D eigenvalue weighted by Crippen LogP contribution is -2.22. The van der Waals surface area contributed by atoms with Gasteiger partial charge < -0.3 is 15.2 Å². The van der Waals surface area contributed by atoms with Gasteiger partial charge in [-0.1, -0.05) is 30.1 Å². The topological polar surface area (TPSA) is 44.5 Å².